The predicted octanol–water partition coefficient (Wildman–Crippen LogP) is 2.90. The second kappa shape index (κ2) is 8.95. The first kappa shape index (κ1) is 18.7. The average Bonchev–Trinajstić information content (AvgIpc) is 3.16. The normalized spacial score (nSPS) is 13.5. The molecule has 0 atom stereocenters. The Bertz CT molecular complexity index is 626. The topological polar surface area (TPSA) is 67.2 Å². The second-order valence-corrected chi connectivity index (χ2v) is 5.41. The van der Waals surface area contributed by atoms with Crippen LogP contribution < -0.4 is 10.6 Å². The summed E-state index contributed by atoms with van der Waals surface area (Å²) in [5.74, 6) is -0.129. The highest BCUT2D eigenvalue weighted by Crippen LogP contribution is 2.23. The molecule has 22 heavy (non-hydrogen) atoms. The first-order valence-corrected chi connectivity index (χ1v) is 7.36. The van der Waals surface area contributed by atoms with Crippen molar-refractivity contribution in [3.8, 4) is 10.6 Å². The number of halogens is 2. The van der Waals surface area contributed by atoms with Gasteiger partial charge in [-0.3, -0.25) is 4.79 Å². The zero-order chi connectivity index (χ0) is 13.8. The molecule has 2 aromatic heterocycles. The number of hydrogen-bond donors (Lipinski definition) is 2. The lowest BCUT2D eigenvalue weighted by molar-refractivity contribution is 0.0952. The number of nitrogens with one attached hydrogen (secondary N) is 2. The summed E-state index contributed by atoms with van der Waals surface area (Å²) in [4.78, 5) is 16.4. The van der Waals surface area contributed by atoms with Crippen molar-refractivity contribution in [2.75, 3.05) is 19.6 Å². The van der Waals surface area contributed by atoms with E-state index in [1.54, 1.807) is 17.9 Å². The summed E-state index contributed by atoms with van der Waals surface area (Å²) in [6.45, 7) is 2.45. The molecular weight excluding hydrogens is 345 g/mol. The Kier molecular flexibility index (Phi) is 7.61. The highest BCUT2D eigenvalue weighted by Gasteiger charge is 2.13. The number of carbonyl (C=O) groups is 1. The van der Waals surface area contributed by atoms with E-state index in [2.05, 4.69) is 21.7 Å². The van der Waals surface area contributed by atoms with Gasteiger partial charge in [0.25, 0.3) is 5.91 Å². The minimum atomic E-state index is -0.129. The van der Waals surface area contributed by atoms with Crippen LogP contribution in [0.5, 0.6) is 0 Å². The number of amides is 1. The third-order valence-corrected chi connectivity index (χ3v) is 4.03. The predicted molar refractivity (Wildman–Crippen MR) is 92.2 cm³/mol. The van der Waals surface area contributed by atoms with E-state index in [-0.39, 0.29) is 30.7 Å². The smallest absolute Gasteiger partial charge is 0.271 e. The molecule has 0 fully saturated rings. The van der Waals surface area contributed by atoms with Gasteiger partial charge in [-0.15, -0.1) is 36.2 Å². The van der Waals surface area contributed by atoms with Crippen LogP contribution in [-0.2, 0) is 0 Å². The molecule has 3 heterocycles. The summed E-state index contributed by atoms with van der Waals surface area (Å²) in [5, 5.41) is 8.73. The fourth-order valence-electron chi connectivity index (χ4n) is 2.01. The first-order chi connectivity index (χ1) is 9.83. The molecule has 0 bridgehead atoms. The monoisotopic (exact) mass is 361 g/mol. The van der Waals surface area contributed by atoms with Crippen molar-refractivity contribution in [1.29, 1.82) is 0 Å². The minimum Gasteiger partial charge on any atom is -0.472 e. The molecular formula is C14H17Cl2N3O2S. The summed E-state index contributed by atoms with van der Waals surface area (Å²) in [6.07, 6.45) is 6.33. The van der Waals surface area contributed by atoms with Crippen LogP contribution in [0.4, 0.5) is 0 Å². The van der Waals surface area contributed by atoms with Gasteiger partial charge in [0.2, 0.25) is 0 Å². The number of hydrogen-bond acceptors (Lipinski definition) is 5. The lowest BCUT2D eigenvalue weighted by Crippen LogP contribution is -2.29. The van der Waals surface area contributed by atoms with Gasteiger partial charge in [0.15, 0.2) is 0 Å². The Hall–Kier alpha value is -1.34. The molecule has 2 aromatic rings. The molecule has 120 valence electrons. The Morgan fingerprint density at radius 1 is 1.45 bits per heavy atom. The molecule has 0 saturated carbocycles. The van der Waals surface area contributed by atoms with Crippen LogP contribution in [0.3, 0.4) is 0 Å². The van der Waals surface area contributed by atoms with E-state index in [9.17, 15) is 4.79 Å². The Morgan fingerprint density at radius 2 is 2.32 bits per heavy atom. The number of aromatic nitrogens is 1. The molecule has 0 radical (unpaired) electrons. The zero-order valence-corrected chi connectivity index (χ0v) is 14.2. The van der Waals surface area contributed by atoms with E-state index in [1.165, 1.54) is 16.9 Å². The van der Waals surface area contributed by atoms with E-state index >= 15 is 0 Å². The van der Waals surface area contributed by atoms with Crippen LogP contribution >= 0.6 is 36.2 Å². The highest BCUT2D eigenvalue weighted by atomic mass is 35.5. The van der Waals surface area contributed by atoms with Crippen LogP contribution in [0.15, 0.2) is 40.0 Å². The molecule has 1 amide bonds. The summed E-state index contributed by atoms with van der Waals surface area (Å²) in [6, 6.07) is 1.83. The van der Waals surface area contributed by atoms with Crippen molar-refractivity contribution in [1.82, 2.24) is 15.6 Å². The molecule has 5 nitrogen and oxygen atoms in total. The van der Waals surface area contributed by atoms with Crippen LogP contribution in [0.2, 0.25) is 0 Å². The minimum absolute atomic E-state index is 0. The number of thiazole rings is 1. The van der Waals surface area contributed by atoms with Gasteiger partial charge in [0, 0.05) is 24.0 Å². The molecule has 1 aliphatic rings. The molecule has 0 aliphatic carbocycles. The fourth-order valence-corrected chi connectivity index (χ4v) is 2.80. The summed E-state index contributed by atoms with van der Waals surface area (Å²) >= 11 is 1.44. The van der Waals surface area contributed by atoms with Crippen molar-refractivity contribution in [2.24, 2.45) is 0 Å². The molecule has 0 spiro atoms. The third kappa shape index (κ3) is 4.58. The van der Waals surface area contributed by atoms with E-state index in [4.69, 9.17) is 4.42 Å². The van der Waals surface area contributed by atoms with Crippen molar-refractivity contribution in [3.05, 3.63) is 41.3 Å². The number of furan rings is 1. The van der Waals surface area contributed by atoms with Gasteiger partial charge in [-0.05, 0) is 19.0 Å². The number of carbonyl (C=O) groups excluding carboxylic acids is 1. The summed E-state index contributed by atoms with van der Waals surface area (Å²) in [7, 11) is 0. The van der Waals surface area contributed by atoms with Crippen molar-refractivity contribution in [3.63, 3.8) is 0 Å². The SMILES string of the molecule is Cl.Cl.O=C(NCC1=CCNCC1)c1csc(-c2ccoc2)n1. The van der Waals surface area contributed by atoms with Gasteiger partial charge in [-0.2, -0.15) is 0 Å². The molecule has 2 N–H and O–H groups in total. The second-order valence-electron chi connectivity index (χ2n) is 4.55. The largest absolute Gasteiger partial charge is 0.472 e. The molecule has 8 heteroatoms. The van der Waals surface area contributed by atoms with Crippen LogP contribution in [0.1, 0.15) is 16.9 Å². The Labute approximate surface area is 145 Å². The van der Waals surface area contributed by atoms with Gasteiger partial charge < -0.3 is 15.1 Å². The lowest BCUT2D eigenvalue weighted by Gasteiger charge is -2.14. The standard InChI is InChI=1S/C14H15N3O2S.2ClH/c18-13(16-7-10-1-4-15-5-2-10)12-9-20-14(17-12)11-3-6-19-8-11;;/h1,3,6,8-9,15H,2,4-5,7H2,(H,16,18);2*1H. The van der Waals surface area contributed by atoms with Crippen molar-refractivity contribution >= 4 is 42.1 Å². The van der Waals surface area contributed by atoms with E-state index in [1.807, 2.05) is 6.07 Å². The first-order valence-electron chi connectivity index (χ1n) is 6.48. The van der Waals surface area contributed by atoms with Crippen LogP contribution in [0, 0.1) is 0 Å². The number of rotatable bonds is 4. The van der Waals surface area contributed by atoms with E-state index in [0.717, 1.165) is 30.1 Å². The maximum absolute atomic E-state index is 12.0. The van der Waals surface area contributed by atoms with Gasteiger partial charge in [0.05, 0.1) is 6.26 Å². The van der Waals surface area contributed by atoms with Crippen molar-refractivity contribution in [2.45, 2.75) is 6.42 Å². The molecule has 3 rings (SSSR count). The molecule has 1 aliphatic heterocycles. The lowest BCUT2D eigenvalue weighted by atomic mass is 10.1. The maximum atomic E-state index is 12.0. The van der Waals surface area contributed by atoms with Gasteiger partial charge >= 0.3 is 0 Å². The van der Waals surface area contributed by atoms with Gasteiger partial charge in [-0.1, -0.05) is 11.6 Å². The van der Waals surface area contributed by atoms with E-state index in [0.29, 0.717) is 12.2 Å². The summed E-state index contributed by atoms with van der Waals surface area (Å²) in [5.41, 5.74) is 2.62. The maximum Gasteiger partial charge on any atom is 0.271 e. The molecule has 0 aromatic carbocycles. The van der Waals surface area contributed by atoms with Crippen LogP contribution in [-0.4, -0.2) is 30.5 Å². The quantitative estimate of drug-likeness (QED) is 0.821. The Balaban J connectivity index is 0.00000121. The third-order valence-electron chi connectivity index (χ3n) is 3.14. The average molecular weight is 362 g/mol. The molecule has 0 unspecified atom stereocenters. The zero-order valence-electron chi connectivity index (χ0n) is 11.7. The molecule has 0 saturated heterocycles. The summed E-state index contributed by atoms with van der Waals surface area (Å²) < 4.78 is 5.02. The Morgan fingerprint density at radius 3 is 3.00 bits per heavy atom. The van der Waals surface area contributed by atoms with Gasteiger partial charge in [0.1, 0.15) is 17.0 Å². The van der Waals surface area contributed by atoms with E-state index < -0.39 is 0 Å². The fraction of sp³-hybridized carbons (Fsp3) is 0.286. The van der Waals surface area contributed by atoms with Gasteiger partial charge in [-0.25, -0.2) is 4.98 Å². The van der Waals surface area contributed by atoms with Crippen LogP contribution in [0.25, 0.3) is 10.6 Å². The van der Waals surface area contributed by atoms with Crippen molar-refractivity contribution < 1.29 is 9.21 Å². The number of nitrogens with zero attached hydrogens (tertiary/aromatic N) is 1. The highest BCUT2D eigenvalue weighted by molar-refractivity contribution is 7.13.